The molecule has 1 unspecified atom stereocenters. The van der Waals surface area contributed by atoms with Gasteiger partial charge in [0.15, 0.2) is 5.96 Å². The van der Waals surface area contributed by atoms with Crippen molar-refractivity contribution in [2.75, 3.05) is 46.5 Å². The third kappa shape index (κ3) is 6.16. The standard InChI is InChI=1S/C19H30N4O4/c1-25-19(24)23-9-5-16(6-10-23)22-18(21-13-15-7-12-26-14-15)20-8-4-17-3-2-11-27-17/h2-3,11,15-16H,4-10,12-14H2,1H3,(H2,20,21,22). The van der Waals surface area contributed by atoms with E-state index in [1.807, 2.05) is 12.1 Å². The van der Waals surface area contributed by atoms with E-state index in [9.17, 15) is 4.79 Å². The van der Waals surface area contributed by atoms with E-state index in [-0.39, 0.29) is 6.09 Å². The Hall–Kier alpha value is -2.22. The minimum atomic E-state index is -0.250. The van der Waals surface area contributed by atoms with Gasteiger partial charge in [0, 0.05) is 51.2 Å². The van der Waals surface area contributed by atoms with Crippen LogP contribution in [0.5, 0.6) is 0 Å². The van der Waals surface area contributed by atoms with E-state index in [1.165, 1.54) is 7.11 Å². The van der Waals surface area contributed by atoms with Crippen LogP contribution in [0.15, 0.2) is 27.8 Å². The maximum absolute atomic E-state index is 11.6. The maximum Gasteiger partial charge on any atom is 0.409 e. The molecule has 3 heterocycles. The zero-order chi connectivity index (χ0) is 18.9. The topological polar surface area (TPSA) is 88.3 Å². The molecule has 8 nitrogen and oxygen atoms in total. The summed E-state index contributed by atoms with van der Waals surface area (Å²) in [6.07, 6.45) is 5.07. The second-order valence-corrected chi connectivity index (χ2v) is 7.05. The molecule has 27 heavy (non-hydrogen) atoms. The fraction of sp³-hybridized carbons (Fsp3) is 0.684. The lowest BCUT2D eigenvalue weighted by molar-refractivity contribution is 0.111. The van der Waals surface area contributed by atoms with E-state index >= 15 is 0 Å². The summed E-state index contributed by atoms with van der Waals surface area (Å²) in [5.41, 5.74) is 0. The number of piperidine rings is 1. The Bertz CT molecular complexity index is 591. The van der Waals surface area contributed by atoms with Gasteiger partial charge in [0.2, 0.25) is 0 Å². The largest absolute Gasteiger partial charge is 0.469 e. The number of likely N-dealkylation sites (tertiary alicyclic amines) is 1. The summed E-state index contributed by atoms with van der Waals surface area (Å²) >= 11 is 0. The highest BCUT2D eigenvalue weighted by atomic mass is 16.5. The van der Waals surface area contributed by atoms with Crippen molar-refractivity contribution in [1.82, 2.24) is 15.5 Å². The second-order valence-electron chi connectivity index (χ2n) is 7.05. The van der Waals surface area contributed by atoms with E-state index in [1.54, 1.807) is 11.2 Å². The highest BCUT2D eigenvalue weighted by Gasteiger charge is 2.24. The number of amides is 1. The van der Waals surface area contributed by atoms with Crippen molar-refractivity contribution in [2.24, 2.45) is 10.9 Å². The van der Waals surface area contributed by atoms with Crippen LogP contribution < -0.4 is 10.6 Å². The fourth-order valence-corrected chi connectivity index (χ4v) is 3.39. The Morgan fingerprint density at radius 1 is 1.37 bits per heavy atom. The number of furan rings is 1. The summed E-state index contributed by atoms with van der Waals surface area (Å²) in [6.45, 7) is 4.53. The van der Waals surface area contributed by atoms with Gasteiger partial charge in [-0.15, -0.1) is 0 Å². The molecule has 150 valence electrons. The molecule has 1 aromatic rings. The molecule has 0 radical (unpaired) electrons. The third-order valence-corrected chi connectivity index (χ3v) is 5.04. The van der Waals surface area contributed by atoms with E-state index in [4.69, 9.17) is 18.9 Å². The Balaban J connectivity index is 1.49. The molecule has 1 aromatic heterocycles. The Morgan fingerprint density at radius 3 is 2.89 bits per heavy atom. The van der Waals surface area contributed by atoms with Gasteiger partial charge in [-0.1, -0.05) is 0 Å². The average molecular weight is 378 g/mol. The van der Waals surface area contributed by atoms with E-state index in [0.717, 1.165) is 63.7 Å². The van der Waals surface area contributed by atoms with Gasteiger partial charge in [0.25, 0.3) is 0 Å². The van der Waals surface area contributed by atoms with Crippen molar-refractivity contribution in [3.05, 3.63) is 24.2 Å². The molecule has 0 aliphatic carbocycles. The number of carbonyl (C=O) groups excluding carboxylic acids is 1. The first-order chi connectivity index (χ1) is 13.2. The van der Waals surface area contributed by atoms with Gasteiger partial charge in [0.1, 0.15) is 5.76 Å². The number of nitrogens with one attached hydrogen (secondary N) is 2. The molecule has 2 N–H and O–H groups in total. The van der Waals surface area contributed by atoms with Crippen LogP contribution in [0.2, 0.25) is 0 Å². The summed E-state index contributed by atoms with van der Waals surface area (Å²) in [4.78, 5) is 18.1. The number of carbonyl (C=O) groups is 1. The SMILES string of the molecule is COC(=O)N1CCC(NC(=NCC2CCOC2)NCCc2ccco2)CC1. The Morgan fingerprint density at radius 2 is 2.22 bits per heavy atom. The van der Waals surface area contributed by atoms with Crippen molar-refractivity contribution in [2.45, 2.75) is 31.7 Å². The van der Waals surface area contributed by atoms with Crippen LogP contribution in [-0.4, -0.2) is 69.5 Å². The van der Waals surface area contributed by atoms with Gasteiger partial charge < -0.3 is 29.4 Å². The number of guanidine groups is 1. The van der Waals surface area contributed by atoms with Gasteiger partial charge in [-0.3, -0.25) is 4.99 Å². The molecule has 2 aliphatic rings. The Labute approximate surface area is 160 Å². The van der Waals surface area contributed by atoms with Gasteiger partial charge in [-0.25, -0.2) is 4.79 Å². The Kier molecular flexibility index (Phi) is 7.38. The predicted molar refractivity (Wildman–Crippen MR) is 102 cm³/mol. The maximum atomic E-state index is 11.6. The predicted octanol–water partition coefficient (Wildman–Crippen LogP) is 1.62. The first-order valence-corrected chi connectivity index (χ1v) is 9.72. The summed E-state index contributed by atoms with van der Waals surface area (Å²) in [6, 6.07) is 4.17. The van der Waals surface area contributed by atoms with Gasteiger partial charge in [-0.2, -0.15) is 0 Å². The van der Waals surface area contributed by atoms with Crippen molar-refractivity contribution < 1.29 is 18.7 Å². The molecule has 0 bridgehead atoms. The molecule has 2 aliphatic heterocycles. The lowest BCUT2D eigenvalue weighted by Gasteiger charge is -2.32. The molecule has 3 rings (SSSR count). The molecule has 0 spiro atoms. The van der Waals surface area contributed by atoms with Gasteiger partial charge >= 0.3 is 6.09 Å². The number of rotatable bonds is 6. The molecule has 2 saturated heterocycles. The van der Waals surface area contributed by atoms with E-state index < -0.39 is 0 Å². The van der Waals surface area contributed by atoms with Crippen LogP contribution in [0.1, 0.15) is 25.0 Å². The quantitative estimate of drug-likeness (QED) is 0.578. The zero-order valence-corrected chi connectivity index (χ0v) is 16.0. The number of hydrogen-bond donors (Lipinski definition) is 2. The van der Waals surface area contributed by atoms with Crippen LogP contribution in [0.3, 0.4) is 0 Å². The molecule has 1 atom stereocenters. The molecular formula is C19H30N4O4. The normalized spacial score (nSPS) is 21.3. The molecule has 8 heteroatoms. The lowest BCUT2D eigenvalue weighted by Crippen LogP contribution is -2.50. The molecular weight excluding hydrogens is 348 g/mol. The van der Waals surface area contributed by atoms with Gasteiger partial charge in [0.05, 0.1) is 20.0 Å². The number of hydrogen-bond acceptors (Lipinski definition) is 5. The first-order valence-electron chi connectivity index (χ1n) is 9.72. The summed E-state index contributed by atoms with van der Waals surface area (Å²) < 4.78 is 15.6. The van der Waals surface area contributed by atoms with Crippen LogP contribution in [-0.2, 0) is 15.9 Å². The summed E-state index contributed by atoms with van der Waals surface area (Å²) in [5.74, 6) is 2.28. The summed E-state index contributed by atoms with van der Waals surface area (Å²) in [5, 5.41) is 6.93. The number of ether oxygens (including phenoxy) is 2. The second kappa shape index (κ2) is 10.2. The average Bonchev–Trinajstić information content (AvgIpc) is 3.40. The lowest BCUT2D eigenvalue weighted by atomic mass is 10.1. The molecule has 0 saturated carbocycles. The van der Waals surface area contributed by atoms with Crippen molar-refractivity contribution >= 4 is 12.1 Å². The van der Waals surface area contributed by atoms with Crippen LogP contribution >= 0.6 is 0 Å². The smallest absolute Gasteiger partial charge is 0.409 e. The van der Waals surface area contributed by atoms with Crippen LogP contribution in [0.25, 0.3) is 0 Å². The van der Waals surface area contributed by atoms with Crippen molar-refractivity contribution in [3.8, 4) is 0 Å². The molecule has 2 fully saturated rings. The van der Waals surface area contributed by atoms with E-state index in [2.05, 4.69) is 10.6 Å². The summed E-state index contributed by atoms with van der Waals surface area (Å²) in [7, 11) is 1.42. The van der Waals surface area contributed by atoms with Crippen molar-refractivity contribution in [3.63, 3.8) is 0 Å². The molecule has 0 aromatic carbocycles. The first kappa shape index (κ1) is 19.5. The zero-order valence-electron chi connectivity index (χ0n) is 16.0. The number of methoxy groups -OCH3 is 1. The van der Waals surface area contributed by atoms with E-state index in [0.29, 0.717) is 25.0 Å². The van der Waals surface area contributed by atoms with Crippen molar-refractivity contribution in [1.29, 1.82) is 0 Å². The minimum Gasteiger partial charge on any atom is -0.469 e. The fourth-order valence-electron chi connectivity index (χ4n) is 3.39. The van der Waals surface area contributed by atoms with Gasteiger partial charge in [-0.05, 0) is 31.4 Å². The van der Waals surface area contributed by atoms with Crippen LogP contribution in [0, 0.1) is 5.92 Å². The van der Waals surface area contributed by atoms with Crippen LogP contribution in [0.4, 0.5) is 4.79 Å². The molecule has 1 amide bonds. The monoisotopic (exact) mass is 378 g/mol. The highest BCUT2D eigenvalue weighted by Crippen LogP contribution is 2.13. The number of aliphatic imine (C=N–C) groups is 1. The highest BCUT2D eigenvalue weighted by molar-refractivity contribution is 5.80. The number of nitrogens with zero attached hydrogens (tertiary/aromatic N) is 2. The third-order valence-electron chi connectivity index (χ3n) is 5.04. The minimum absolute atomic E-state index is 0.250.